The summed E-state index contributed by atoms with van der Waals surface area (Å²) in [5.74, 6) is 1.75. The van der Waals surface area contributed by atoms with Gasteiger partial charge >= 0.3 is 0 Å². The number of imidazole rings is 1. The number of rotatable bonds is 5. The van der Waals surface area contributed by atoms with Crippen LogP contribution in [-0.4, -0.2) is 15.6 Å². The zero-order chi connectivity index (χ0) is 13.0. The minimum Gasteiger partial charge on any atom is -0.353 e. The molecule has 1 aliphatic carbocycles. The number of hydrogen-bond donors (Lipinski definition) is 1. The highest BCUT2D eigenvalue weighted by Crippen LogP contribution is 2.30. The van der Waals surface area contributed by atoms with Gasteiger partial charge in [-0.2, -0.15) is 0 Å². The van der Waals surface area contributed by atoms with E-state index in [1.165, 1.54) is 38.5 Å². The third-order valence-corrected chi connectivity index (χ3v) is 4.49. The topological polar surface area (TPSA) is 29.9 Å². The highest BCUT2D eigenvalue weighted by molar-refractivity contribution is 5.28. The van der Waals surface area contributed by atoms with E-state index in [-0.39, 0.29) is 0 Å². The lowest BCUT2D eigenvalue weighted by molar-refractivity contribution is 0.354. The lowest BCUT2D eigenvalue weighted by Crippen LogP contribution is -2.26. The molecule has 1 aliphatic rings. The van der Waals surface area contributed by atoms with Gasteiger partial charge in [0.25, 0.3) is 0 Å². The van der Waals surface area contributed by atoms with Gasteiger partial charge in [0.15, 0.2) is 0 Å². The van der Waals surface area contributed by atoms with Gasteiger partial charge in [-0.1, -0.05) is 39.5 Å². The standard InChI is InChI=1S/C15H27N3/c1-4-12(2)13(3)17-15-16-10-11-18(15)14-8-6-5-7-9-14/h10-14H,4-9H2,1-3H3,(H,16,17). The second-order valence-corrected chi connectivity index (χ2v) is 5.77. The third kappa shape index (κ3) is 3.06. The Balaban J connectivity index is 2.02. The molecular formula is C15H27N3. The molecule has 2 rings (SSSR count). The average Bonchev–Trinajstić information content (AvgIpc) is 2.86. The smallest absolute Gasteiger partial charge is 0.203 e. The SMILES string of the molecule is CCC(C)C(C)Nc1nccn1C1CCCCC1. The molecule has 0 saturated heterocycles. The van der Waals surface area contributed by atoms with E-state index >= 15 is 0 Å². The van der Waals surface area contributed by atoms with Crippen molar-refractivity contribution in [3.05, 3.63) is 12.4 Å². The summed E-state index contributed by atoms with van der Waals surface area (Å²) in [7, 11) is 0. The van der Waals surface area contributed by atoms with Gasteiger partial charge in [0.05, 0.1) is 0 Å². The van der Waals surface area contributed by atoms with Crippen molar-refractivity contribution in [3.63, 3.8) is 0 Å². The number of nitrogens with zero attached hydrogens (tertiary/aromatic N) is 2. The molecule has 2 unspecified atom stereocenters. The van der Waals surface area contributed by atoms with Crippen molar-refractivity contribution in [1.29, 1.82) is 0 Å². The number of anilines is 1. The van der Waals surface area contributed by atoms with Crippen LogP contribution in [0.15, 0.2) is 12.4 Å². The van der Waals surface area contributed by atoms with Crippen LogP contribution in [0, 0.1) is 5.92 Å². The fourth-order valence-corrected chi connectivity index (χ4v) is 2.78. The summed E-state index contributed by atoms with van der Waals surface area (Å²) in [6, 6.07) is 1.15. The maximum atomic E-state index is 4.50. The highest BCUT2D eigenvalue weighted by Gasteiger charge is 2.19. The Hall–Kier alpha value is -0.990. The molecule has 1 saturated carbocycles. The van der Waals surface area contributed by atoms with Crippen LogP contribution in [0.5, 0.6) is 0 Å². The van der Waals surface area contributed by atoms with E-state index in [0.29, 0.717) is 18.0 Å². The molecule has 102 valence electrons. The molecule has 1 aromatic heterocycles. The molecule has 0 amide bonds. The molecule has 2 atom stereocenters. The molecule has 1 heterocycles. The minimum atomic E-state index is 0.486. The summed E-state index contributed by atoms with van der Waals surface area (Å²) in [6.07, 6.45) is 12.0. The van der Waals surface area contributed by atoms with Gasteiger partial charge in [0.1, 0.15) is 0 Å². The molecule has 0 spiro atoms. The summed E-state index contributed by atoms with van der Waals surface area (Å²) < 4.78 is 2.36. The van der Waals surface area contributed by atoms with E-state index < -0.39 is 0 Å². The van der Waals surface area contributed by atoms with Crippen LogP contribution >= 0.6 is 0 Å². The Morgan fingerprint density at radius 2 is 2.06 bits per heavy atom. The summed E-state index contributed by atoms with van der Waals surface area (Å²) in [4.78, 5) is 4.50. The predicted molar refractivity (Wildman–Crippen MR) is 76.9 cm³/mol. The number of hydrogen-bond acceptors (Lipinski definition) is 2. The van der Waals surface area contributed by atoms with Gasteiger partial charge in [-0.15, -0.1) is 0 Å². The molecule has 0 bridgehead atoms. The van der Waals surface area contributed by atoms with Crippen molar-refractivity contribution in [3.8, 4) is 0 Å². The first-order valence-electron chi connectivity index (χ1n) is 7.51. The molecule has 1 aromatic rings. The second kappa shape index (κ2) is 6.26. The first-order valence-corrected chi connectivity index (χ1v) is 7.51. The van der Waals surface area contributed by atoms with Crippen molar-refractivity contribution >= 4 is 5.95 Å². The van der Waals surface area contributed by atoms with Crippen LogP contribution in [0.1, 0.15) is 65.3 Å². The Kier molecular flexibility index (Phi) is 4.67. The fraction of sp³-hybridized carbons (Fsp3) is 0.800. The van der Waals surface area contributed by atoms with Gasteiger partial charge < -0.3 is 9.88 Å². The van der Waals surface area contributed by atoms with Crippen LogP contribution < -0.4 is 5.32 Å². The predicted octanol–water partition coefficient (Wildman–Crippen LogP) is 4.23. The van der Waals surface area contributed by atoms with Crippen LogP contribution in [-0.2, 0) is 0 Å². The van der Waals surface area contributed by atoms with Crippen molar-refractivity contribution in [2.75, 3.05) is 5.32 Å². The summed E-state index contributed by atoms with van der Waals surface area (Å²) in [6.45, 7) is 6.80. The zero-order valence-electron chi connectivity index (χ0n) is 12.0. The molecule has 3 heteroatoms. The number of nitrogens with one attached hydrogen (secondary N) is 1. The van der Waals surface area contributed by atoms with E-state index in [2.05, 4.69) is 41.8 Å². The Morgan fingerprint density at radius 3 is 2.72 bits per heavy atom. The molecule has 0 aromatic carbocycles. The molecule has 18 heavy (non-hydrogen) atoms. The van der Waals surface area contributed by atoms with E-state index in [1.807, 2.05) is 6.20 Å². The first-order chi connectivity index (χ1) is 8.72. The normalized spacial score (nSPS) is 20.6. The van der Waals surface area contributed by atoms with E-state index in [1.54, 1.807) is 0 Å². The van der Waals surface area contributed by atoms with Gasteiger partial charge in [-0.05, 0) is 25.7 Å². The average molecular weight is 249 g/mol. The van der Waals surface area contributed by atoms with Crippen molar-refractivity contribution in [2.24, 2.45) is 5.92 Å². The maximum Gasteiger partial charge on any atom is 0.203 e. The molecule has 1 N–H and O–H groups in total. The first kappa shape index (κ1) is 13.4. The molecule has 3 nitrogen and oxygen atoms in total. The van der Waals surface area contributed by atoms with Gasteiger partial charge in [0, 0.05) is 24.5 Å². The molecule has 0 aliphatic heterocycles. The summed E-state index contributed by atoms with van der Waals surface area (Å²) in [5.41, 5.74) is 0. The molecule has 0 radical (unpaired) electrons. The maximum absolute atomic E-state index is 4.50. The van der Waals surface area contributed by atoms with Gasteiger partial charge in [0.2, 0.25) is 5.95 Å². The zero-order valence-corrected chi connectivity index (χ0v) is 12.0. The van der Waals surface area contributed by atoms with Gasteiger partial charge in [-0.25, -0.2) is 4.98 Å². The summed E-state index contributed by atoms with van der Waals surface area (Å²) in [5, 5.41) is 3.59. The molecular weight excluding hydrogens is 222 g/mol. The van der Waals surface area contributed by atoms with E-state index in [0.717, 1.165) is 5.95 Å². The summed E-state index contributed by atoms with van der Waals surface area (Å²) >= 11 is 0. The van der Waals surface area contributed by atoms with Crippen molar-refractivity contribution < 1.29 is 0 Å². The Labute approximate surface area is 111 Å². The van der Waals surface area contributed by atoms with E-state index in [4.69, 9.17) is 0 Å². The van der Waals surface area contributed by atoms with Crippen LogP contribution in [0.2, 0.25) is 0 Å². The Bertz CT molecular complexity index is 352. The largest absolute Gasteiger partial charge is 0.353 e. The quantitative estimate of drug-likeness (QED) is 0.846. The lowest BCUT2D eigenvalue weighted by atomic mass is 9.95. The van der Waals surface area contributed by atoms with Crippen LogP contribution in [0.4, 0.5) is 5.95 Å². The highest BCUT2D eigenvalue weighted by atomic mass is 15.2. The third-order valence-electron chi connectivity index (χ3n) is 4.49. The Morgan fingerprint density at radius 1 is 1.33 bits per heavy atom. The lowest BCUT2D eigenvalue weighted by Gasteiger charge is -2.27. The van der Waals surface area contributed by atoms with Crippen molar-refractivity contribution in [2.45, 2.75) is 71.4 Å². The molecule has 1 fully saturated rings. The van der Waals surface area contributed by atoms with Gasteiger partial charge in [-0.3, -0.25) is 0 Å². The second-order valence-electron chi connectivity index (χ2n) is 5.77. The van der Waals surface area contributed by atoms with Crippen LogP contribution in [0.3, 0.4) is 0 Å². The van der Waals surface area contributed by atoms with Crippen LogP contribution in [0.25, 0.3) is 0 Å². The van der Waals surface area contributed by atoms with Crippen molar-refractivity contribution in [1.82, 2.24) is 9.55 Å². The van der Waals surface area contributed by atoms with E-state index in [9.17, 15) is 0 Å². The monoisotopic (exact) mass is 249 g/mol. The number of aromatic nitrogens is 2. The fourth-order valence-electron chi connectivity index (χ4n) is 2.78. The minimum absolute atomic E-state index is 0.486.